The summed E-state index contributed by atoms with van der Waals surface area (Å²) in [6.07, 6.45) is 1.33. The zero-order valence-electron chi connectivity index (χ0n) is 11.8. The van der Waals surface area contributed by atoms with Crippen LogP contribution in [0.2, 0.25) is 0 Å². The highest BCUT2D eigenvalue weighted by molar-refractivity contribution is 5.78. The van der Waals surface area contributed by atoms with Gasteiger partial charge in [-0.3, -0.25) is 9.55 Å². The lowest BCUT2D eigenvalue weighted by atomic mass is 10.2. The molecule has 4 heterocycles. The van der Waals surface area contributed by atoms with E-state index in [1.54, 1.807) is 36.3 Å². The van der Waals surface area contributed by atoms with Crippen molar-refractivity contribution in [1.82, 2.24) is 29.3 Å². The van der Waals surface area contributed by atoms with E-state index in [-0.39, 0.29) is 5.52 Å². The van der Waals surface area contributed by atoms with Gasteiger partial charge < -0.3 is 0 Å². The first-order valence-electron chi connectivity index (χ1n) is 6.63. The second kappa shape index (κ2) is 4.51. The van der Waals surface area contributed by atoms with E-state index >= 15 is 0 Å². The van der Waals surface area contributed by atoms with Gasteiger partial charge in [-0.25, -0.2) is 14.6 Å². The lowest BCUT2D eigenvalue weighted by molar-refractivity contribution is -0.137. The summed E-state index contributed by atoms with van der Waals surface area (Å²) in [6.45, 7) is 0. The molecule has 0 bridgehead atoms. The highest BCUT2D eigenvalue weighted by Crippen LogP contribution is 2.30. The Morgan fingerprint density at radius 3 is 2.70 bits per heavy atom. The quantitative estimate of drug-likeness (QED) is 0.541. The number of pyridine rings is 2. The normalized spacial score (nSPS) is 12.3. The summed E-state index contributed by atoms with van der Waals surface area (Å²) in [5.74, 6) is 0.378. The van der Waals surface area contributed by atoms with Crippen LogP contribution in [0.15, 0.2) is 36.9 Å². The second-order valence-corrected chi connectivity index (χ2v) is 5.04. The van der Waals surface area contributed by atoms with Crippen molar-refractivity contribution in [3.05, 3.63) is 42.5 Å². The molecule has 23 heavy (non-hydrogen) atoms. The molecule has 0 fully saturated rings. The number of imidazole rings is 1. The van der Waals surface area contributed by atoms with E-state index in [9.17, 15) is 13.2 Å². The zero-order valence-corrected chi connectivity index (χ0v) is 11.8. The van der Waals surface area contributed by atoms with Gasteiger partial charge in [-0.05, 0) is 12.1 Å². The third-order valence-electron chi connectivity index (χ3n) is 3.53. The Morgan fingerprint density at radius 1 is 1.13 bits per heavy atom. The van der Waals surface area contributed by atoms with E-state index in [4.69, 9.17) is 0 Å². The number of aryl methyl sites for hydroxylation is 1. The first-order chi connectivity index (χ1) is 10.9. The van der Waals surface area contributed by atoms with Crippen LogP contribution in [0.25, 0.3) is 28.0 Å². The van der Waals surface area contributed by atoms with Crippen LogP contribution in [0.1, 0.15) is 5.56 Å². The third kappa shape index (κ3) is 2.12. The molecular weight excluding hydrogens is 309 g/mol. The fraction of sp³-hybridized carbons (Fsp3) is 0.143. The molecule has 0 saturated carbocycles. The summed E-state index contributed by atoms with van der Waals surface area (Å²) < 4.78 is 41.5. The largest absolute Gasteiger partial charge is 0.417 e. The predicted octanol–water partition coefficient (Wildman–Crippen LogP) is 2.72. The molecule has 0 atom stereocenters. The Morgan fingerprint density at radius 2 is 1.96 bits per heavy atom. The van der Waals surface area contributed by atoms with Gasteiger partial charge in [0.1, 0.15) is 11.0 Å². The lowest BCUT2D eigenvalue weighted by Gasteiger charge is -2.05. The molecule has 0 radical (unpaired) electrons. The topological polar surface area (TPSA) is 61.4 Å². The molecule has 4 rings (SSSR count). The molecule has 4 aromatic heterocycles. The van der Waals surface area contributed by atoms with Crippen LogP contribution in [0, 0.1) is 0 Å². The molecule has 0 N–H and O–H groups in total. The number of fused-ring (bicyclic) bond motifs is 2. The number of aromatic nitrogens is 6. The second-order valence-electron chi connectivity index (χ2n) is 5.04. The Balaban J connectivity index is 1.91. The smallest absolute Gasteiger partial charge is 0.296 e. The minimum absolute atomic E-state index is 0.162. The van der Waals surface area contributed by atoms with E-state index in [0.29, 0.717) is 17.1 Å². The molecule has 0 aliphatic heterocycles. The molecule has 0 aliphatic carbocycles. The molecular formula is C14H9F3N6. The Kier molecular flexibility index (Phi) is 2.68. The van der Waals surface area contributed by atoms with E-state index < -0.39 is 11.7 Å². The first kappa shape index (κ1) is 13.7. The Hall–Kier alpha value is -2.97. The fourth-order valence-corrected chi connectivity index (χ4v) is 2.39. The molecule has 0 amide bonds. The summed E-state index contributed by atoms with van der Waals surface area (Å²) >= 11 is 0. The zero-order chi connectivity index (χ0) is 16.2. The van der Waals surface area contributed by atoms with Crippen LogP contribution >= 0.6 is 0 Å². The van der Waals surface area contributed by atoms with Crippen molar-refractivity contribution < 1.29 is 13.2 Å². The van der Waals surface area contributed by atoms with Gasteiger partial charge >= 0.3 is 6.18 Å². The van der Waals surface area contributed by atoms with Gasteiger partial charge in [0.2, 0.25) is 5.95 Å². The van der Waals surface area contributed by atoms with Gasteiger partial charge in [-0.1, -0.05) is 0 Å². The average molecular weight is 318 g/mol. The predicted molar refractivity (Wildman–Crippen MR) is 75.9 cm³/mol. The number of hydrogen-bond acceptors (Lipinski definition) is 4. The number of hydrogen-bond donors (Lipinski definition) is 0. The van der Waals surface area contributed by atoms with Crippen molar-refractivity contribution >= 4 is 22.1 Å². The van der Waals surface area contributed by atoms with Crippen LogP contribution in [-0.2, 0) is 13.2 Å². The summed E-state index contributed by atoms with van der Waals surface area (Å²) in [5.41, 5.74) is 0.355. The number of alkyl halides is 3. The van der Waals surface area contributed by atoms with Crippen LogP contribution in [0.4, 0.5) is 13.2 Å². The van der Waals surface area contributed by atoms with Crippen molar-refractivity contribution in [2.45, 2.75) is 6.18 Å². The van der Waals surface area contributed by atoms with Crippen molar-refractivity contribution in [1.29, 1.82) is 0 Å². The minimum Gasteiger partial charge on any atom is -0.296 e. The van der Waals surface area contributed by atoms with Crippen molar-refractivity contribution in [3.8, 4) is 5.95 Å². The first-order valence-corrected chi connectivity index (χ1v) is 6.63. The SMILES string of the molecule is Cn1c(-n2cc3ccncc3n2)nc2cc(C(F)(F)F)cnc21. The molecule has 0 unspecified atom stereocenters. The van der Waals surface area contributed by atoms with Gasteiger partial charge in [-0.15, -0.1) is 0 Å². The number of nitrogens with zero attached hydrogens (tertiary/aromatic N) is 6. The highest BCUT2D eigenvalue weighted by atomic mass is 19.4. The molecule has 6 nitrogen and oxygen atoms in total. The maximum absolute atomic E-state index is 12.8. The summed E-state index contributed by atoms with van der Waals surface area (Å²) in [7, 11) is 1.68. The monoisotopic (exact) mass is 318 g/mol. The maximum atomic E-state index is 12.8. The van der Waals surface area contributed by atoms with Crippen LogP contribution < -0.4 is 0 Å². The van der Waals surface area contributed by atoms with Gasteiger partial charge in [-0.2, -0.15) is 18.3 Å². The lowest BCUT2D eigenvalue weighted by Crippen LogP contribution is -2.06. The molecule has 0 aliphatic rings. The van der Waals surface area contributed by atoms with E-state index in [1.165, 1.54) is 4.68 Å². The third-order valence-corrected chi connectivity index (χ3v) is 3.53. The van der Waals surface area contributed by atoms with Crippen LogP contribution in [0.3, 0.4) is 0 Å². The van der Waals surface area contributed by atoms with Crippen molar-refractivity contribution in [2.24, 2.45) is 7.05 Å². The van der Waals surface area contributed by atoms with Gasteiger partial charge in [0.05, 0.1) is 11.8 Å². The molecule has 116 valence electrons. The fourth-order valence-electron chi connectivity index (χ4n) is 2.39. The molecule has 0 aromatic carbocycles. The highest BCUT2D eigenvalue weighted by Gasteiger charge is 2.31. The standard InChI is InChI=1S/C14H9F3N6/c1-22-12-10(4-9(5-19-12)14(15,16)17)20-13(22)23-7-8-2-3-18-6-11(8)21-23/h2-7H,1H3. The molecule has 0 saturated heterocycles. The van der Waals surface area contributed by atoms with E-state index in [0.717, 1.165) is 17.6 Å². The van der Waals surface area contributed by atoms with Gasteiger partial charge in [0.15, 0.2) is 5.65 Å². The summed E-state index contributed by atoms with van der Waals surface area (Å²) in [5, 5.41) is 5.19. The van der Waals surface area contributed by atoms with E-state index in [2.05, 4.69) is 20.1 Å². The molecule has 0 spiro atoms. The molecule has 9 heteroatoms. The van der Waals surface area contributed by atoms with E-state index in [1.807, 2.05) is 0 Å². The maximum Gasteiger partial charge on any atom is 0.417 e. The van der Waals surface area contributed by atoms with Crippen molar-refractivity contribution in [2.75, 3.05) is 0 Å². The Labute approximate surface area is 127 Å². The summed E-state index contributed by atoms with van der Waals surface area (Å²) in [4.78, 5) is 12.1. The van der Waals surface area contributed by atoms with Crippen LogP contribution in [0.5, 0.6) is 0 Å². The van der Waals surface area contributed by atoms with Crippen molar-refractivity contribution in [3.63, 3.8) is 0 Å². The summed E-state index contributed by atoms with van der Waals surface area (Å²) in [6, 6.07) is 2.78. The molecule has 4 aromatic rings. The van der Waals surface area contributed by atoms with Gasteiger partial charge in [0.25, 0.3) is 0 Å². The minimum atomic E-state index is -4.45. The number of rotatable bonds is 1. The Bertz CT molecular complexity index is 997. The number of halogens is 3. The average Bonchev–Trinajstić information content (AvgIpc) is 3.07. The van der Waals surface area contributed by atoms with Gasteiger partial charge in [0, 0.05) is 31.0 Å². The van der Waals surface area contributed by atoms with Crippen LogP contribution in [-0.4, -0.2) is 29.3 Å².